The first-order valence-electron chi connectivity index (χ1n) is 2.66. The monoisotopic (exact) mass is 107 g/mol. The predicted molar refractivity (Wildman–Crippen MR) is 35.7 cm³/mol. The van der Waals surface area contributed by atoms with Crippen LogP contribution in [0.4, 0.5) is 0 Å². The SMILES string of the molecule is [C]#CC=CC(C)(C)C. The highest BCUT2D eigenvalue weighted by Crippen LogP contribution is 2.13. The third kappa shape index (κ3) is 5.30. The summed E-state index contributed by atoms with van der Waals surface area (Å²) in [6.07, 6.45) is 10.1. The van der Waals surface area contributed by atoms with E-state index in [1.54, 1.807) is 6.08 Å². The van der Waals surface area contributed by atoms with Gasteiger partial charge in [0, 0.05) is 0 Å². The largest absolute Gasteiger partial charge is 0.0707 e. The Morgan fingerprint density at radius 1 is 1.38 bits per heavy atom. The molecule has 0 aliphatic carbocycles. The molecule has 0 fully saturated rings. The fourth-order valence-corrected chi connectivity index (χ4v) is 0.292. The fraction of sp³-hybridized carbons (Fsp3) is 0.500. The van der Waals surface area contributed by atoms with Crippen LogP contribution in [0, 0.1) is 17.8 Å². The number of hydrogen-bond donors (Lipinski definition) is 0. The van der Waals surface area contributed by atoms with Crippen LogP contribution in [0.1, 0.15) is 20.8 Å². The number of allylic oxidation sites excluding steroid dienone is 2. The zero-order valence-electron chi connectivity index (χ0n) is 5.65. The minimum atomic E-state index is 0.189. The van der Waals surface area contributed by atoms with Gasteiger partial charge in [0.1, 0.15) is 0 Å². The normalized spacial score (nSPS) is 11.8. The second-order valence-corrected chi connectivity index (χ2v) is 2.84. The van der Waals surface area contributed by atoms with Crippen LogP contribution in [0.5, 0.6) is 0 Å². The Hall–Kier alpha value is -0.700. The Labute approximate surface area is 51.6 Å². The molecule has 0 atom stereocenters. The fourth-order valence-electron chi connectivity index (χ4n) is 0.292. The molecule has 1 radical (unpaired) electrons. The van der Waals surface area contributed by atoms with Gasteiger partial charge in [-0.25, -0.2) is 0 Å². The van der Waals surface area contributed by atoms with Crippen LogP contribution in [0.15, 0.2) is 12.2 Å². The lowest BCUT2D eigenvalue weighted by atomic mass is 9.97. The van der Waals surface area contributed by atoms with Gasteiger partial charge < -0.3 is 0 Å². The topological polar surface area (TPSA) is 0 Å². The van der Waals surface area contributed by atoms with Crippen LogP contribution in [0.3, 0.4) is 0 Å². The van der Waals surface area contributed by atoms with Crippen LogP contribution < -0.4 is 0 Å². The van der Waals surface area contributed by atoms with Crippen molar-refractivity contribution in [2.24, 2.45) is 5.41 Å². The Balaban J connectivity index is 3.75. The van der Waals surface area contributed by atoms with Crippen molar-refractivity contribution in [1.29, 1.82) is 0 Å². The summed E-state index contributed by atoms with van der Waals surface area (Å²) in [5.41, 5.74) is 0.189. The van der Waals surface area contributed by atoms with Crippen LogP contribution in [-0.4, -0.2) is 0 Å². The summed E-state index contributed by atoms with van der Waals surface area (Å²) in [5.74, 6) is 2.19. The molecule has 0 spiro atoms. The van der Waals surface area contributed by atoms with Gasteiger partial charge >= 0.3 is 0 Å². The summed E-state index contributed by atoms with van der Waals surface area (Å²) in [7, 11) is 0. The van der Waals surface area contributed by atoms with E-state index in [0.717, 1.165) is 0 Å². The van der Waals surface area contributed by atoms with Gasteiger partial charge in [-0.3, -0.25) is 0 Å². The van der Waals surface area contributed by atoms with Gasteiger partial charge in [-0.1, -0.05) is 32.8 Å². The third-order valence-electron chi connectivity index (χ3n) is 0.667. The molecule has 0 rings (SSSR count). The highest BCUT2D eigenvalue weighted by Gasteiger charge is 2.01. The Kier molecular flexibility index (Phi) is 2.34. The van der Waals surface area contributed by atoms with Crippen molar-refractivity contribution in [1.82, 2.24) is 0 Å². The van der Waals surface area contributed by atoms with Crippen LogP contribution >= 0.6 is 0 Å². The van der Waals surface area contributed by atoms with E-state index in [-0.39, 0.29) is 5.41 Å². The molecule has 0 aromatic heterocycles. The van der Waals surface area contributed by atoms with E-state index < -0.39 is 0 Å². The van der Waals surface area contributed by atoms with Crippen LogP contribution in [0.2, 0.25) is 0 Å². The summed E-state index contributed by atoms with van der Waals surface area (Å²) in [6.45, 7) is 6.25. The highest BCUT2D eigenvalue weighted by atomic mass is 14.1. The molecule has 0 nitrogen and oxygen atoms in total. The maximum absolute atomic E-state index is 6.55. The molecular weight excluding hydrogens is 96.1 g/mol. The van der Waals surface area contributed by atoms with E-state index in [1.807, 2.05) is 6.08 Å². The number of rotatable bonds is 0. The van der Waals surface area contributed by atoms with E-state index in [1.165, 1.54) is 0 Å². The van der Waals surface area contributed by atoms with Gasteiger partial charge in [-0.15, -0.1) is 0 Å². The van der Waals surface area contributed by atoms with Gasteiger partial charge in [-0.2, -0.15) is 0 Å². The molecule has 0 amide bonds. The summed E-state index contributed by atoms with van der Waals surface area (Å²) in [5, 5.41) is 0. The molecule has 0 saturated carbocycles. The summed E-state index contributed by atoms with van der Waals surface area (Å²) in [4.78, 5) is 0. The maximum Gasteiger partial charge on any atom is -0.0102 e. The van der Waals surface area contributed by atoms with E-state index in [9.17, 15) is 0 Å². The van der Waals surface area contributed by atoms with E-state index >= 15 is 0 Å². The standard InChI is InChI=1S/C8H11/c1-5-6-7-8(2,3)4/h6-7H,2-4H3. The third-order valence-corrected chi connectivity index (χ3v) is 0.667. The van der Waals surface area contributed by atoms with Crippen molar-refractivity contribution in [2.45, 2.75) is 20.8 Å². The van der Waals surface area contributed by atoms with Crippen molar-refractivity contribution in [3.8, 4) is 5.92 Å². The average Bonchev–Trinajstić information content (AvgIpc) is 1.59. The molecule has 0 heterocycles. The molecule has 43 valence electrons. The zero-order chi connectivity index (χ0) is 6.62. The van der Waals surface area contributed by atoms with Gasteiger partial charge in [-0.05, 0) is 17.9 Å². The first-order valence-corrected chi connectivity index (χ1v) is 2.66. The van der Waals surface area contributed by atoms with Gasteiger partial charge in [0.05, 0.1) is 0 Å². The molecule has 0 N–H and O–H groups in total. The molecule has 0 aliphatic heterocycles. The van der Waals surface area contributed by atoms with Crippen molar-refractivity contribution >= 4 is 0 Å². The maximum atomic E-state index is 6.55. The second kappa shape index (κ2) is 2.57. The first-order chi connectivity index (χ1) is 3.56. The molecule has 0 bridgehead atoms. The molecule has 0 aromatic rings. The van der Waals surface area contributed by atoms with E-state index in [2.05, 4.69) is 26.7 Å². The lowest BCUT2D eigenvalue weighted by molar-refractivity contribution is 0.544. The molecule has 0 aromatic carbocycles. The predicted octanol–water partition coefficient (Wildman–Crippen LogP) is 2.18. The minimum Gasteiger partial charge on any atom is -0.0707 e. The minimum absolute atomic E-state index is 0.189. The van der Waals surface area contributed by atoms with Crippen molar-refractivity contribution in [2.75, 3.05) is 0 Å². The number of hydrogen-bond acceptors (Lipinski definition) is 0. The Bertz CT molecular complexity index is 116. The molecule has 8 heavy (non-hydrogen) atoms. The zero-order valence-corrected chi connectivity index (χ0v) is 5.65. The average molecular weight is 107 g/mol. The first kappa shape index (κ1) is 7.30. The lowest BCUT2D eigenvalue weighted by Gasteiger charge is -2.09. The summed E-state index contributed by atoms with van der Waals surface area (Å²) < 4.78 is 0. The smallest absolute Gasteiger partial charge is 0.0102 e. The van der Waals surface area contributed by atoms with Gasteiger partial charge in [0.25, 0.3) is 0 Å². The summed E-state index contributed by atoms with van der Waals surface area (Å²) in [6, 6.07) is 0. The van der Waals surface area contributed by atoms with E-state index in [0.29, 0.717) is 0 Å². The van der Waals surface area contributed by atoms with Crippen molar-refractivity contribution < 1.29 is 0 Å². The Morgan fingerprint density at radius 3 is 2.00 bits per heavy atom. The second-order valence-electron chi connectivity index (χ2n) is 2.84. The van der Waals surface area contributed by atoms with Crippen molar-refractivity contribution in [3.63, 3.8) is 0 Å². The molecule has 0 heteroatoms. The van der Waals surface area contributed by atoms with Crippen LogP contribution in [0.25, 0.3) is 0 Å². The van der Waals surface area contributed by atoms with Gasteiger partial charge in [0.2, 0.25) is 0 Å². The lowest BCUT2D eigenvalue weighted by Crippen LogP contribution is -1.97. The van der Waals surface area contributed by atoms with Crippen molar-refractivity contribution in [3.05, 3.63) is 18.6 Å². The molecule has 0 saturated heterocycles. The summed E-state index contributed by atoms with van der Waals surface area (Å²) >= 11 is 0. The van der Waals surface area contributed by atoms with Gasteiger partial charge in [0.15, 0.2) is 0 Å². The molecule has 0 aliphatic rings. The molecular formula is C8H11. The quantitative estimate of drug-likeness (QED) is 0.416. The Morgan fingerprint density at radius 2 is 1.88 bits per heavy atom. The highest BCUT2D eigenvalue weighted by molar-refractivity contribution is 5.08. The molecule has 0 unspecified atom stereocenters. The van der Waals surface area contributed by atoms with Crippen LogP contribution in [-0.2, 0) is 0 Å². The van der Waals surface area contributed by atoms with E-state index in [4.69, 9.17) is 6.42 Å².